The van der Waals surface area contributed by atoms with Crippen molar-refractivity contribution >= 4 is 17.7 Å². The quantitative estimate of drug-likeness (QED) is 0.547. The van der Waals surface area contributed by atoms with Gasteiger partial charge in [0.2, 0.25) is 0 Å². The summed E-state index contributed by atoms with van der Waals surface area (Å²) < 4.78 is 10.8. The van der Waals surface area contributed by atoms with Gasteiger partial charge in [0.25, 0.3) is 0 Å². The monoisotopic (exact) mass is 226 g/mol. The molecule has 1 atom stereocenters. The first-order valence-corrected chi connectivity index (χ1v) is 5.36. The summed E-state index contributed by atoms with van der Waals surface area (Å²) in [5.41, 5.74) is 1.03. The lowest BCUT2D eigenvalue weighted by molar-refractivity contribution is -0.0605. The van der Waals surface area contributed by atoms with Crippen LogP contribution in [0, 0.1) is 0 Å². The van der Waals surface area contributed by atoms with Crippen molar-refractivity contribution in [2.24, 2.45) is 0 Å². The molecule has 0 aliphatic carbocycles. The fourth-order valence-electron chi connectivity index (χ4n) is 1.15. The molecule has 0 heterocycles. The van der Waals surface area contributed by atoms with E-state index in [0.29, 0.717) is 12.5 Å². The van der Waals surface area contributed by atoms with Crippen LogP contribution in [-0.2, 0) is 4.74 Å². The lowest BCUT2D eigenvalue weighted by atomic mass is 10.2. The minimum Gasteiger partial charge on any atom is -0.465 e. The van der Waals surface area contributed by atoms with Crippen LogP contribution in [0.2, 0.25) is 0 Å². The van der Waals surface area contributed by atoms with Crippen LogP contribution in [0.15, 0.2) is 30.8 Å². The van der Waals surface area contributed by atoms with Crippen molar-refractivity contribution in [1.29, 1.82) is 0 Å². The summed E-state index contributed by atoms with van der Waals surface area (Å²) in [5.74, 6) is 1.25. The summed E-state index contributed by atoms with van der Waals surface area (Å²) in [7, 11) is 0. The molecule has 82 valence electrons. The maximum atomic E-state index is 5.53. The number of hydrogen-bond acceptors (Lipinski definition) is 2. The molecule has 0 saturated heterocycles. The molecule has 15 heavy (non-hydrogen) atoms. The molecule has 1 rings (SSSR count). The van der Waals surface area contributed by atoms with Gasteiger partial charge >= 0.3 is 0 Å². The van der Waals surface area contributed by atoms with Gasteiger partial charge in [-0.1, -0.05) is 24.8 Å². The molecule has 0 bridgehead atoms. The summed E-state index contributed by atoms with van der Waals surface area (Å²) in [6, 6.07) is 7.67. The van der Waals surface area contributed by atoms with Gasteiger partial charge < -0.3 is 9.47 Å². The first-order valence-electron chi connectivity index (χ1n) is 4.83. The van der Waals surface area contributed by atoms with Gasteiger partial charge in [-0.05, 0) is 24.6 Å². The van der Waals surface area contributed by atoms with Crippen molar-refractivity contribution in [3.8, 4) is 5.75 Å². The third-order valence-corrected chi connectivity index (χ3v) is 1.98. The number of hydrogen-bond donors (Lipinski definition) is 0. The third-order valence-electron chi connectivity index (χ3n) is 1.83. The van der Waals surface area contributed by atoms with Crippen molar-refractivity contribution in [2.45, 2.75) is 13.2 Å². The molecule has 0 N–H and O–H groups in total. The normalized spacial score (nSPS) is 12.1. The van der Waals surface area contributed by atoms with Gasteiger partial charge in [-0.2, -0.15) is 0 Å². The molecule has 0 fully saturated rings. The molecule has 0 aromatic heterocycles. The Morgan fingerprint density at radius 3 is 3.00 bits per heavy atom. The Kier molecular flexibility index (Phi) is 5.22. The number of rotatable bonds is 6. The average Bonchev–Trinajstić information content (AvgIpc) is 2.26. The Balaban J connectivity index is 2.52. The fraction of sp³-hybridized carbons (Fsp3) is 0.333. The number of alkyl halides is 1. The van der Waals surface area contributed by atoms with Crippen LogP contribution >= 0.6 is 11.6 Å². The average molecular weight is 227 g/mol. The van der Waals surface area contributed by atoms with Crippen molar-refractivity contribution < 1.29 is 9.47 Å². The Bertz CT molecular complexity index is 312. The van der Waals surface area contributed by atoms with Gasteiger partial charge in [0, 0.05) is 5.88 Å². The zero-order valence-electron chi connectivity index (χ0n) is 8.78. The predicted octanol–water partition coefficient (Wildman–Crippen LogP) is 3.31. The smallest absolute Gasteiger partial charge is 0.197 e. The summed E-state index contributed by atoms with van der Waals surface area (Å²) >= 11 is 5.50. The first kappa shape index (κ1) is 12.1. The maximum Gasteiger partial charge on any atom is 0.197 e. The lowest BCUT2D eigenvalue weighted by Crippen LogP contribution is -2.17. The van der Waals surface area contributed by atoms with Crippen molar-refractivity contribution in [3.05, 3.63) is 36.4 Å². The van der Waals surface area contributed by atoms with Crippen molar-refractivity contribution in [3.63, 3.8) is 0 Å². The summed E-state index contributed by atoms with van der Waals surface area (Å²) in [6.45, 7) is 6.03. The van der Waals surface area contributed by atoms with E-state index in [1.165, 1.54) is 0 Å². The van der Waals surface area contributed by atoms with Crippen LogP contribution < -0.4 is 4.74 Å². The van der Waals surface area contributed by atoms with Crippen molar-refractivity contribution in [1.82, 2.24) is 0 Å². The van der Waals surface area contributed by atoms with Gasteiger partial charge in [-0.15, -0.1) is 11.6 Å². The third kappa shape index (κ3) is 4.36. The number of benzene rings is 1. The summed E-state index contributed by atoms with van der Waals surface area (Å²) in [5, 5.41) is 0. The van der Waals surface area contributed by atoms with Crippen molar-refractivity contribution in [2.75, 3.05) is 12.5 Å². The minimum absolute atomic E-state index is 0.288. The van der Waals surface area contributed by atoms with Gasteiger partial charge in [-0.3, -0.25) is 0 Å². The Labute approximate surface area is 95.5 Å². The molecule has 0 aliphatic rings. The SMILES string of the molecule is C=Cc1cccc(OC(C)OCCCl)c1. The molecule has 1 unspecified atom stereocenters. The topological polar surface area (TPSA) is 18.5 Å². The number of ether oxygens (including phenoxy) is 2. The highest BCUT2D eigenvalue weighted by molar-refractivity contribution is 6.17. The van der Waals surface area contributed by atoms with Crippen LogP contribution in [0.3, 0.4) is 0 Å². The van der Waals surface area contributed by atoms with E-state index in [1.54, 1.807) is 6.08 Å². The van der Waals surface area contributed by atoms with Crippen LogP contribution in [0.5, 0.6) is 5.75 Å². The summed E-state index contributed by atoms with van der Waals surface area (Å²) in [4.78, 5) is 0. The standard InChI is InChI=1S/C12H15ClO2/c1-3-11-5-4-6-12(9-11)15-10(2)14-8-7-13/h3-6,9-10H,1,7-8H2,2H3. The Morgan fingerprint density at radius 2 is 2.33 bits per heavy atom. The van der Waals surface area contributed by atoms with Crippen LogP contribution in [0.1, 0.15) is 12.5 Å². The first-order chi connectivity index (χ1) is 7.26. The molecule has 0 amide bonds. The van der Waals surface area contributed by atoms with Gasteiger partial charge in [0.1, 0.15) is 5.75 Å². The molecule has 1 aromatic rings. The molecule has 0 radical (unpaired) electrons. The zero-order valence-corrected chi connectivity index (χ0v) is 9.54. The molecular weight excluding hydrogens is 212 g/mol. The molecule has 0 aliphatic heterocycles. The highest BCUT2D eigenvalue weighted by atomic mass is 35.5. The van der Waals surface area contributed by atoms with E-state index in [0.717, 1.165) is 11.3 Å². The molecule has 2 nitrogen and oxygen atoms in total. The summed E-state index contributed by atoms with van der Waals surface area (Å²) in [6.07, 6.45) is 1.49. The molecule has 0 saturated carbocycles. The second-order valence-electron chi connectivity index (χ2n) is 3.02. The predicted molar refractivity (Wildman–Crippen MR) is 63.3 cm³/mol. The molecule has 3 heteroatoms. The van der Waals surface area contributed by atoms with E-state index in [4.69, 9.17) is 21.1 Å². The largest absolute Gasteiger partial charge is 0.465 e. The maximum absolute atomic E-state index is 5.53. The van der Waals surface area contributed by atoms with Crippen LogP contribution in [-0.4, -0.2) is 18.8 Å². The van der Waals surface area contributed by atoms with Gasteiger partial charge in [-0.25, -0.2) is 0 Å². The van der Waals surface area contributed by atoms with E-state index in [-0.39, 0.29) is 6.29 Å². The van der Waals surface area contributed by atoms with E-state index >= 15 is 0 Å². The fourth-order valence-corrected chi connectivity index (χ4v) is 1.24. The van der Waals surface area contributed by atoms with E-state index in [2.05, 4.69) is 6.58 Å². The second kappa shape index (κ2) is 6.49. The molecular formula is C12H15ClO2. The van der Waals surface area contributed by atoms with Crippen LogP contribution in [0.4, 0.5) is 0 Å². The molecule has 0 spiro atoms. The second-order valence-corrected chi connectivity index (χ2v) is 3.40. The Hall–Kier alpha value is -0.990. The minimum atomic E-state index is -0.288. The highest BCUT2D eigenvalue weighted by Gasteiger charge is 2.03. The van der Waals surface area contributed by atoms with E-state index in [9.17, 15) is 0 Å². The molecule has 1 aromatic carbocycles. The van der Waals surface area contributed by atoms with Crippen LogP contribution in [0.25, 0.3) is 6.08 Å². The van der Waals surface area contributed by atoms with E-state index < -0.39 is 0 Å². The zero-order chi connectivity index (χ0) is 11.1. The lowest BCUT2D eigenvalue weighted by Gasteiger charge is -2.14. The van der Waals surface area contributed by atoms with Gasteiger partial charge in [0.05, 0.1) is 6.61 Å². The van der Waals surface area contributed by atoms with Gasteiger partial charge in [0.15, 0.2) is 6.29 Å². The number of halogens is 1. The van der Waals surface area contributed by atoms with E-state index in [1.807, 2.05) is 31.2 Å². The highest BCUT2D eigenvalue weighted by Crippen LogP contribution is 2.15. The Morgan fingerprint density at radius 1 is 1.53 bits per heavy atom.